The van der Waals surface area contributed by atoms with Gasteiger partial charge in [-0.05, 0) is 43.4 Å². The molecule has 194 valence electrons. The lowest BCUT2D eigenvalue weighted by Gasteiger charge is -2.34. The molecule has 9 nitrogen and oxygen atoms in total. The molecule has 4 heterocycles. The molecule has 12 heteroatoms. The molecule has 38 heavy (non-hydrogen) atoms. The number of fused-ring (bicyclic) bond motifs is 3. The van der Waals surface area contributed by atoms with Crippen molar-refractivity contribution in [3.05, 3.63) is 83.0 Å². The Morgan fingerprint density at radius 2 is 1.68 bits per heavy atom. The second-order valence-electron chi connectivity index (χ2n) is 9.15. The van der Waals surface area contributed by atoms with Gasteiger partial charge in [0.15, 0.2) is 5.65 Å². The topological polar surface area (TPSA) is 83.6 Å². The minimum atomic E-state index is -4.65. The van der Waals surface area contributed by atoms with Crippen LogP contribution in [0.1, 0.15) is 5.56 Å². The van der Waals surface area contributed by atoms with Gasteiger partial charge in [-0.15, -0.1) is 0 Å². The van der Waals surface area contributed by atoms with Crippen molar-refractivity contribution in [3.63, 3.8) is 0 Å². The van der Waals surface area contributed by atoms with Crippen LogP contribution in [-0.4, -0.2) is 62.0 Å². The number of rotatable bonds is 4. The summed E-state index contributed by atoms with van der Waals surface area (Å²) in [5.74, 6) is 0.257. The highest BCUT2D eigenvalue weighted by Gasteiger charge is 2.34. The highest BCUT2D eigenvalue weighted by Crippen LogP contribution is 2.34. The van der Waals surface area contributed by atoms with Gasteiger partial charge in [-0.1, -0.05) is 12.1 Å². The normalized spacial score (nSPS) is 14.9. The fraction of sp³-hybridized carbons (Fsp3) is 0.231. The number of aromatic nitrogens is 5. The molecule has 0 saturated carbocycles. The van der Waals surface area contributed by atoms with E-state index in [4.69, 9.17) is 0 Å². The van der Waals surface area contributed by atoms with E-state index in [-0.39, 0.29) is 28.4 Å². The van der Waals surface area contributed by atoms with Crippen molar-refractivity contribution < 1.29 is 13.2 Å². The summed E-state index contributed by atoms with van der Waals surface area (Å²) in [5, 5.41) is 3.20. The summed E-state index contributed by atoms with van der Waals surface area (Å²) in [5.41, 5.74) is 0.170. The Morgan fingerprint density at radius 1 is 0.947 bits per heavy atom. The van der Waals surface area contributed by atoms with Gasteiger partial charge in [0.25, 0.3) is 5.56 Å². The van der Waals surface area contributed by atoms with Gasteiger partial charge in [-0.2, -0.15) is 18.2 Å². The first kappa shape index (κ1) is 23.9. The number of likely N-dealkylation sites (N-methyl/N-ethyl adjacent to an activating group) is 1. The highest BCUT2D eigenvalue weighted by atomic mass is 19.4. The van der Waals surface area contributed by atoms with Crippen molar-refractivity contribution in [2.75, 3.05) is 43.4 Å². The van der Waals surface area contributed by atoms with Crippen molar-refractivity contribution >= 4 is 34.1 Å². The van der Waals surface area contributed by atoms with Crippen LogP contribution in [0.5, 0.6) is 0 Å². The molecule has 0 amide bonds. The van der Waals surface area contributed by atoms with E-state index < -0.39 is 17.3 Å². The molecule has 1 aliphatic heterocycles. The average molecular weight is 521 g/mol. The zero-order chi connectivity index (χ0) is 26.4. The van der Waals surface area contributed by atoms with E-state index in [1.165, 1.54) is 35.0 Å². The number of imidazole rings is 1. The molecule has 0 atom stereocenters. The van der Waals surface area contributed by atoms with Crippen molar-refractivity contribution in [1.29, 1.82) is 0 Å². The number of nitrogens with zero attached hydrogens (tertiary/aromatic N) is 7. The summed E-state index contributed by atoms with van der Waals surface area (Å²) in [7, 11) is 2.11. The zero-order valence-corrected chi connectivity index (χ0v) is 20.4. The Bertz CT molecular complexity index is 1690. The number of piperazine rings is 1. The van der Waals surface area contributed by atoms with Crippen molar-refractivity contribution in [3.8, 4) is 5.69 Å². The minimum absolute atomic E-state index is 0.0142. The number of benzene rings is 2. The van der Waals surface area contributed by atoms with E-state index in [1.54, 1.807) is 6.20 Å². The smallest absolute Gasteiger partial charge is 0.369 e. The summed E-state index contributed by atoms with van der Waals surface area (Å²) in [6.07, 6.45) is -0.380. The molecule has 0 aliphatic carbocycles. The number of para-hydroxylation sites is 1. The number of anilines is 3. The molecule has 1 saturated heterocycles. The maximum Gasteiger partial charge on any atom is 0.418 e. The number of alkyl halides is 3. The van der Waals surface area contributed by atoms with Crippen LogP contribution in [0.4, 0.5) is 30.5 Å². The average Bonchev–Trinajstić information content (AvgIpc) is 3.39. The maximum atomic E-state index is 13.7. The molecule has 1 aliphatic rings. The summed E-state index contributed by atoms with van der Waals surface area (Å²) in [4.78, 5) is 31.0. The van der Waals surface area contributed by atoms with Crippen molar-refractivity contribution in [1.82, 2.24) is 28.8 Å². The highest BCUT2D eigenvalue weighted by molar-refractivity contribution is 5.78. The van der Waals surface area contributed by atoms with E-state index >= 15 is 0 Å². The molecule has 5 aromatic rings. The van der Waals surface area contributed by atoms with Crippen molar-refractivity contribution in [2.24, 2.45) is 0 Å². The second kappa shape index (κ2) is 9.14. The Labute approximate surface area is 214 Å². The minimum Gasteiger partial charge on any atom is -0.369 e. The quantitative estimate of drug-likeness (QED) is 0.384. The first-order chi connectivity index (χ1) is 18.3. The number of nitrogens with one attached hydrogen (secondary N) is 1. The second-order valence-corrected chi connectivity index (χ2v) is 9.15. The number of halogens is 3. The van der Waals surface area contributed by atoms with Crippen LogP contribution in [0.25, 0.3) is 22.5 Å². The third-order valence-electron chi connectivity index (χ3n) is 6.69. The first-order valence-electron chi connectivity index (χ1n) is 12.0. The lowest BCUT2D eigenvalue weighted by molar-refractivity contribution is -0.137. The standard InChI is InChI=1S/C26H23F3N8O/c1-34-12-14-35(15-13-34)18-8-6-17(7-9-18)32-24-31-16-19-22(33-24)36-11-10-30-25(36)37(23(19)38)21-5-3-2-4-20(21)26(27,28)29/h2-11,16H,12-15H2,1H3,(H,31,32,33). The molecule has 0 radical (unpaired) electrons. The van der Waals surface area contributed by atoms with Crippen LogP contribution in [-0.2, 0) is 6.18 Å². The molecule has 1 N–H and O–H groups in total. The maximum absolute atomic E-state index is 13.7. The SMILES string of the molecule is CN1CCN(c2ccc(Nc3ncc4c(=O)n(-c5ccccc5C(F)(F)F)c5nccn5c4n3)cc2)CC1. The summed E-state index contributed by atoms with van der Waals surface area (Å²) < 4.78 is 43.6. The van der Waals surface area contributed by atoms with E-state index in [0.29, 0.717) is 0 Å². The monoisotopic (exact) mass is 520 g/mol. The largest absolute Gasteiger partial charge is 0.418 e. The van der Waals surface area contributed by atoms with Crippen LogP contribution >= 0.6 is 0 Å². The van der Waals surface area contributed by atoms with E-state index in [0.717, 1.165) is 48.2 Å². The summed E-state index contributed by atoms with van der Waals surface area (Å²) in [6.45, 7) is 3.94. The van der Waals surface area contributed by atoms with Gasteiger partial charge in [0, 0.05) is 56.1 Å². The Kier molecular flexibility index (Phi) is 5.75. The molecular formula is C26H23F3N8O. The van der Waals surface area contributed by atoms with Crippen LogP contribution < -0.4 is 15.8 Å². The predicted molar refractivity (Wildman–Crippen MR) is 138 cm³/mol. The van der Waals surface area contributed by atoms with E-state index in [2.05, 4.69) is 37.1 Å². The van der Waals surface area contributed by atoms with Gasteiger partial charge in [0.1, 0.15) is 5.39 Å². The van der Waals surface area contributed by atoms with Gasteiger partial charge in [0.2, 0.25) is 11.7 Å². The predicted octanol–water partition coefficient (Wildman–Crippen LogP) is 3.94. The lowest BCUT2D eigenvalue weighted by Crippen LogP contribution is -2.44. The Morgan fingerprint density at radius 3 is 2.42 bits per heavy atom. The summed E-state index contributed by atoms with van der Waals surface area (Å²) in [6, 6.07) is 12.8. The van der Waals surface area contributed by atoms with E-state index in [1.807, 2.05) is 24.3 Å². The fourth-order valence-corrected chi connectivity index (χ4v) is 4.68. The number of hydrogen-bond acceptors (Lipinski definition) is 7. The van der Waals surface area contributed by atoms with Gasteiger partial charge in [0.05, 0.1) is 11.3 Å². The molecular weight excluding hydrogens is 497 g/mol. The molecule has 6 rings (SSSR count). The molecule has 0 bridgehead atoms. The van der Waals surface area contributed by atoms with Crippen LogP contribution in [0.3, 0.4) is 0 Å². The van der Waals surface area contributed by atoms with Gasteiger partial charge >= 0.3 is 6.18 Å². The molecule has 3 aromatic heterocycles. The van der Waals surface area contributed by atoms with Crippen LogP contribution in [0, 0.1) is 0 Å². The van der Waals surface area contributed by atoms with Crippen LogP contribution in [0.2, 0.25) is 0 Å². The summed E-state index contributed by atoms with van der Waals surface area (Å²) >= 11 is 0. The third kappa shape index (κ3) is 4.22. The first-order valence-corrected chi connectivity index (χ1v) is 12.0. The lowest BCUT2D eigenvalue weighted by atomic mass is 10.1. The van der Waals surface area contributed by atoms with Gasteiger partial charge in [-0.25, -0.2) is 14.5 Å². The van der Waals surface area contributed by atoms with Gasteiger partial charge in [-0.3, -0.25) is 9.20 Å². The number of hydrogen-bond donors (Lipinski definition) is 1. The van der Waals surface area contributed by atoms with Crippen molar-refractivity contribution in [2.45, 2.75) is 6.18 Å². The molecule has 1 fully saturated rings. The van der Waals surface area contributed by atoms with E-state index in [9.17, 15) is 18.0 Å². The Balaban J connectivity index is 1.37. The molecule has 2 aromatic carbocycles. The molecule has 0 spiro atoms. The third-order valence-corrected chi connectivity index (χ3v) is 6.69. The Hall–Kier alpha value is -4.45. The van der Waals surface area contributed by atoms with Gasteiger partial charge < -0.3 is 15.1 Å². The molecule has 0 unspecified atom stereocenters. The van der Waals surface area contributed by atoms with Crippen LogP contribution in [0.15, 0.2) is 71.9 Å². The zero-order valence-electron chi connectivity index (χ0n) is 20.4. The fourth-order valence-electron chi connectivity index (χ4n) is 4.68.